The number of fused-ring (bicyclic) bond motifs is 1. The smallest absolute Gasteiger partial charge is 0.246 e. The standard InChI is InChI=1S/C15H18N2O2S2/c1-11-6-7-17(12-4-2-3-5-13(12)21-11)14(18)8-16-10-20-9-15(16)19/h2-5,11H,6-10H2,1H3. The monoisotopic (exact) mass is 322 g/mol. The quantitative estimate of drug-likeness (QED) is 0.838. The van der Waals surface area contributed by atoms with Crippen LogP contribution in [0.15, 0.2) is 29.2 Å². The summed E-state index contributed by atoms with van der Waals surface area (Å²) in [5, 5.41) is 0.493. The molecule has 0 N–H and O–H groups in total. The Kier molecular flexibility index (Phi) is 4.45. The Hall–Kier alpha value is -1.14. The van der Waals surface area contributed by atoms with Gasteiger partial charge in [0.1, 0.15) is 6.54 Å². The van der Waals surface area contributed by atoms with Crippen molar-refractivity contribution >= 4 is 41.0 Å². The largest absolute Gasteiger partial charge is 0.323 e. The van der Waals surface area contributed by atoms with Crippen molar-refractivity contribution in [2.45, 2.75) is 23.5 Å². The SMILES string of the molecule is CC1CCN(C(=O)CN2CSCC2=O)c2ccccc2S1. The van der Waals surface area contributed by atoms with Crippen LogP contribution in [0.4, 0.5) is 5.69 Å². The Bertz CT molecular complexity index is 564. The number of rotatable bonds is 2. The topological polar surface area (TPSA) is 40.6 Å². The molecule has 1 aromatic carbocycles. The van der Waals surface area contributed by atoms with Crippen LogP contribution in [0.5, 0.6) is 0 Å². The Morgan fingerprint density at radius 1 is 1.38 bits per heavy atom. The second-order valence-corrected chi connectivity index (χ2v) is 7.73. The van der Waals surface area contributed by atoms with Crippen LogP contribution in [0.1, 0.15) is 13.3 Å². The van der Waals surface area contributed by atoms with E-state index < -0.39 is 0 Å². The third kappa shape index (κ3) is 3.21. The third-order valence-corrected chi connectivity index (χ3v) is 5.88. The van der Waals surface area contributed by atoms with Gasteiger partial charge in [0.25, 0.3) is 0 Å². The van der Waals surface area contributed by atoms with Gasteiger partial charge in [-0.1, -0.05) is 19.1 Å². The predicted octanol–water partition coefficient (Wildman–Crippen LogP) is 2.44. The highest BCUT2D eigenvalue weighted by Gasteiger charge is 2.28. The number of para-hydroxylation sites is 1. The van der Waals surface area contributed by atoms with Crippen molar-refractivity contribution < 1.29 is 9.59 Å². The Balaban J connectivity index is 1.80. The zero-order valence-electron chi connectivity index (χ0n) is 11.9. The fourth-order valence-electron chi connectivity index (χ4n) is 2.53. The van der Waals surface area contributed by atoms with Gasteiger partial charge in [0, 0.05) is 16.7 Å². The van der Waals surface area contributed by atoms with E-state index in [2.05, 4.69) is 13.0 Å². The lowest BCUT2D eigenvalue weighted by molar-refractivity contribution is -0.131. The number of amides is 2. The number of nitrogens with zero attached hydrogens (tertiary/aromatic N) is 2. The summed E-state index contributed by atoms with van der Waals surface area (Å²) in [4.78, 5) is 29.0. The summed E-state index contributed by atoms with van der Waals surface area (Å²) in [6.07, 6.45) is 0.966. The Morgan fingerprint density at radius 3 is 2.95 bits per heavy atom. The number of benzene rings is 1. The van der Waals surface area contributed by atoms with Crippen LogP contribution in [-0.4, -0.2) is 46.7 Å². The first-order valence-electron chi connectivity index (χ1n) is 7.06. The van der Waals surface area contributed by atoms with Crippen molar-refractivity contribution in [1.82, 2.24) is 4.90 Å². The lowest BCUT2D eigenvalue weighted by Gasteiger charge is -2.25. The zero-order valence-corrected chi connectivity index (χ0v) is 13.6. The van der Waals surface area contributed by atoms with Crippen molar-refractivity contribution in [2.24, 2.45) is 0 Å². The number of thioether (sulfide) groups is 2. The first-order valence-corrected chi connectivity index (χ1v) is 9.10. The van der Waals surface area contributed by atoms with Crippen molar-refractivity contribution in [1.29, 1.82) is 0 Å². The maximum Gasteiger partial charge on any atom is 0.246 e. The molecule has 2 heterocycles. The molecule has 1 aromatic rings. The molecule has 6 heteroatoms. The predicted molar refractivity (Wildman–Crippen MR) is 87.8 cm³/mol. The minimum absolute atomic E-state index is 0.0213. The molecule has 1 saturated heterocycles. The fraction of sp³-hybridized carbons (Fsp3) is 0.467. The van der Waals surface area contributed by atoms with Crippen molar-refractivity contribution in [3.05, 3.63) is 24.3 Å². The molecule has 2 aliphatic rings. The molecule has 21 heavy (non-hydrogen) atoms. The summed E-state index contributed by atoms with van der Waals surface area (Å²) in [5.74, 6) is 1.22. The number of anilines is 1. The average Bonchev–Trinajstić information content (AvgIpc) is 2.78. The Labute approximate surface area is 133 Å². The average molecular weight is 322 g/mol. The maximum absolute atomic E-state index is 12.6. The van der Waals surface area contributed by atoms with Gasteiger partial charge < -0.3 is 9.80 Å². The van der Waals surface area contributed by atoms with Gasteiger partial charge in [0.15, 0.2) is 0 Å². The highest BCUT2D eigenvalue weighted by Crippen LogP contribution is 2.37. The van der Waals surface area contributed by atoms with Crippen molar-refractivity contribution in [3.63, 3.8) is 0 Å². The van der Waals surface area contributed by atoms with Gasteiger partial charge in [0.05, 0.1) is 17.3 Å². The number of hydrogen-bond donors (Lipinski definition) is 0. The van der Waals surface area contributed by atoms with Crippen LogP contribution in [0.2, 0.25) is 0 Å². The van der Waals surface area contributed by atoms with E-state index in [1.165, 1.54) is 0 Å². The number of carbonyl (C=O) groups excluding carboxylic acids is 2. The third-order valence-electron chi connectivity index (χ3n) is 3.70. The van der Waals surface area contributed by atoms with E-state index in [4.69, 9.17) is 0 Å². The zero-order chi connectivity index (χ0) is 14.8. The van der Waals surface area contributed by atoms with Crippen molar-refractivity contribution in [3.8, 4) is 0 Å². The second kappa shape index (κ2) is 6.32. The Morgan fingerprint density at radius 2 is 2.19 bits per heavy atom. The minimum Gasteiger partial charge on any atom is -0.323 e. The fourth-order valence-corrected chi connectivity index (χ4v) is 4.55. The van der Waals surface area contributed by atoms with Crippen LogP contribution in [0, 0.1) is 0 Å². The molecule has 1 unspecified atom stereocenters. The van der Waals surface area contributed by atoms with Gasteiger partial charge in [0.2, 0.25) is 11.8 Å². The maximum atomic E-state index is 12.6. The summed E-state index contributed by atoms with van der Waals surface area (Å²) in [7, 11) is 0. The molecule has 2 aliphatic heterocycles. The first kappa shape index (κ1) is 14.8. The van der Waals surface area contributed by atoms with Crippen LogP contribution in [-0.2, 0) is 9.59 Å². The highest BCUT2D eigenvalue weighted by molar-refractivity contribution is 8.00. The van der Waals surface area contributed by atoms with E-state index in [1.54, 1.807) is 16.7 Å². The van der Waals surface area contributed by atoms with Gasteiger partial charge in [-0.05, 0) is 18.6 Å². The van der Waals surface area contributed by atoms with Gasteiger partial charge in [-0.15, -0.1) is 23.5 Å². The summed E-state index contributed by atoms with van der Waals surface area (Å²) in [6.45, 7) is 3.11. The van der Waals surface area contributed by atoms with Crippen LogP contribution >= 0.6 is 23.5 Å². The van der Waals surface area contributed by atoms with E-state index in [0.29, 0.717) is 16.9 Å². The van der Waals surface area contributed by atoms with Gasteiger partial charge in [-0.2, -0.15) is 0 Å². The van der Waals surface area contributed by atoms with Gasteiger partial charge >= 0.3 is 0 Å². The molecule has 3 rings (SSSR count). The van der Waals surface area contributed by atoms with Gasteiger partial charge in [-0.25, -0.2) is 0 Å². The molecule has 1 fully saturated rings. The van der Waals surface area contributed by atoms with Crippen molar-refractivity contribution in [2.75, 3.05) is 29.6 Å². The molecule has 0 bridgehead atoms. The van der Waals surface area contributed by atoms with Crippen LogP contribution in [0.3, 0.4) is 0 Å². The molecular formula is C15H18N2O2S2. The lowest BCUT2D eigenvalue weighted by Crippen LogP contribution is -2.41. The summed E-state index contributed by atoms with van der Waals surface area (Å²) in [5.41, 5.74) is 0.983. The molecular weight excluding hydrogens is 304 g/mol. The van der Waals surface area contributed by atoms with E-state index in [9.17, 15) is 9.59 Å². The first-order chi connectivity index (χ1) is 10.1. The molecule has 0 aromatic heterocycles. The normalized spacial score (nSPS) is 22.1. The van der Waals surface area contributed by atoms with E-state index >= 15 is 0 Å². The molecule has 1 atom stereocenters. The van der Waals surface area contributed by atoms with Crippen LogP contribution in [0.25, 0.3) is 0 Å². The number of carbonyl (C=O) groups is 2. The molecule has 0 radical (unpaired) electrons. The minimum atomic E-state index is 0.0213. The molecule has 0 spiro atoms. The molecule has 0 aliphatic carbocycles. The molecule has 4 nitrogen and oxygen atoms in total. The number of hydrogen-bond acceptors (Lipinski definition) is 4. The summed E-state index contributed by atoms with van der Waals surface area (Å²) >= 11 is 3.39. The summed E-state index contributed by atoms with van der Waals surface area (Å²) < 4.78 is 0. The molecule has 112 valence electrons. The molecule has 2 amide bonds. The van der Waals surface area contributed by atoms with E-state index in [1.807, 2.05) is 34.9 Å². The van der Waals surface area contributed by atoms with E-state index in [-0.39, 0.29) is 18.4 Å². The highest BCUT2D eigenvalue weighted by atomic mass is 32.2. The second-order valence-electron chi connectivity index (χ2n) is 5.30. The lowest BCUT2D eigenvalue weighted by atomic mass is 10.2. The van der Waals surface area contributed by atoms with E-state index in [0.717, 1.165) is 23.5 Å². The van der Waals surface area contributed by atoms with Gasteiger partial charge in [-0.3, -0.25) is 9.59 Å². The summed E-state index contributed by atoms with van der Waals surface area (Å²) in [6, 6.07) is 8.04. The van der Waals surface area contributed by atoms with Crippen LogP contribution < -0.4 is 4.90 Å². The molecule has 0 saturated carbocycles.